The Hall–Kier alpha value is -1.18. The maximum Gasteiger partial charge on any atom is 0.0411 e. The van der Waals surface area contributed by atoms with Crippen molar-refractivity contribution in [2.75, 3.05) is 30.9 Å². The van der Waals surface area contributed by atoms with E-state index in [0.29, 0.717) is 0 Å². The number of nitrogens with one attached hydrogen (secondary N) is 1. The van der Waals surface area contributed by atoms with Crippen molar-refractivity contribution in [2.45, 2.75) is 33.6 Å². The molecular weight excluding hydrogens is 208 g/mol. The fourth-order valence-corrected chi connectivity index (χ4v) is 1.94. The molecule has 1 N–H and O–H groups in total. The van der Waals surface area contributed by atoms with Gasteiger partial charge in [-0.15, -0.1) is 0 Å². The highest BCUT2D eigenvalue weighted by atomic mass is 15.1. The first kappa shape index (κ1) is 13.9. The second-order valence-electron chi connectivity index (χ2n) is 5.36. The molecule has 0 aliphatic carbocycles. The third-order valence-electron chi connectivity index (χ3n) is 2.98. The number of hydrogen-bond acceptors (Lipinski definition) is 2. The molecule has 0 aliphatic rings. The lowest BCUT2D eigenvalue weighted by Gasteiger charge is -2.17. The van der Waals surface area contributed by atoms with Gasteiger partial charge in [0, 0.05) is 32.0 Å². The lowest BCUT2D eigenvalue weighted by Crippen LogP contribution is -2.11. The molecule has 2 nitrogen and oxygen atoms in total. The SMILES string of the molecule is Cc1ccc(NCCCC(C)C)cc1N(C)C. The third-order valence-corrected chi connectivity index (χ3v) is 2.98. The highest BCUT2D eigenvalue weighted by Crippen LogP contribution is 2.22. The molecule has 0 radical (unpaired) electrons. The number of anilines is 2. The number of rotatable bonds is 6. The van der Waals surface area contributed by atoms with Crippen LogP contribution in [0.2, 0.25) is 0 Å². The Morgan fingerprint density at radius 1 is 1.24 bits per heavy atom. The van der Waals surface area contributed by atoms with Gasteiger partial charge in [0.2, 0.25) is 0 Å². The topological polar surface area (TPSA) is 15.3 Å². The van der Waals surface area contributed by atoms with Crippen molar-refractivity contribution < 1.29 is 0 Å². The van der Waals surface area contributed by atoms with Gasteiger partial charge in [-0.3, -0.25) is 0 Å². The molecule has 0 saturated heterocycles. The summed E-state index contributed by atoms with van der Waals surface area (Å²) in [5, 5.41) is 3.50. The highest BCUT2D eigenvalue weighted by Gasteiger charge is 2.02. The Morgan fingerprint density at radius 3 is 2.53 bits per heavy atom. The molecule has 1 aromatic rings. The Bertz CT molecular complexity index is 343. The molecule has 0 unspecified atom stereocenters. The first-order valence-electron chi connectivity index (χ1n) is 6.52. The van der Waals surface area contributed by atoms with Crippen molar-refractivity contribution in [1.29, 1.82) is 0 Å². The Balaban J connectivity index is 2.51. The van der Waals surface area contributed by atoms with Crippen LogP contribution in [0.15, 0.2) is 18.2 Å². The van der Waals surface area contributed by atoms with Gasteiger partial charge in [-0.25, -0.2) is 0 Å². The van der Waals surface area contributed by atoms with E-state index in [4.69, 9.17) is 0 Å². The van der Waals surface area contributed by atoms with Crippen LogP contribution in [0.25, 0.3) is 0 Å². The fourth-order valence-electron chi connectivity index (χ4n) is 1.94. The zero-order valence-electron chi connectivity index (χ0n) is 11.9. The summed E-state index contributed by atoms with van der Waals surface area (Å²) < 4.78 is 0. The number of benzene rings is 1. The molecule has 0 heterocycles. The Kier molecular flexibility index (Phi) is 5.33. The summed E-state index contributed by atoms with van der Waals surface area (Å²) >= 11 is 0. The maximum atomic E-state index is 3.50. The Morgan fingerprint density at radius 2 is 1.94 bits per heavy atom. The predicted octanol–water partition coefficient (Wildman–Crippen LogP) is 3.91. The molecule has 0 spiro atoms. The molecule has 0 saturated carbocycles. The quantitative estimate of drug-likeness (QED) is 0.751. The molecule has 0 amide bonds. The molecule has 2 heteroatoms. The predicted molar refractivity (Wildman–Crippen MR) is 78.1 cm³/mol. The molecule has 0 bridgehead atoms. The van der Waals surface area contributed by atoms with Gasteiger partial charge in [-0.2, -0.15) is 0 Å². The lowest BCUT2D eigenvalue weighted by atomic mass is 10.1. The summed E-state index contributed by atoms with van der Waals surface area (Å²) in [5.41, 5.74) is 3.84. The van der Waals surface area contributed by atoms with Crippen molar-refractivity contribution in [1.82, 2.24) is 0 Å². The number of hydrogen-bond donors (Lipinski definition) is 1. The summed E-state index contributed by atoms with van der Waals surface area (Å²) in [6.45, 7) is 7.76. The van der Waals surface area contributed by atoms with Gasteiger partial charge in [0.05, 0.1) is 0 Å². The fraction of sp³-hybridized carbons (Fsp3) is 0.600. The van der Waals surface area contributed by atoms with Crippen LogP contribution in [0, 0.1) is 12.8 Å². The normalized spacial score (nSPS) is 10.7. The zero-order valence-corrected chi connectivity index (χ0v) is 11.9. The molecular formula is C15H26N2. The monoisotopic (exact) mass is 234 g/mol. The highest BCUT2D eigenvalue weighted by molar-refractivity contribution is 5.61. The molecule has 0 fully saturated rings. The van der Waals surface area contributed by atoms with Gasteiger partial charge in [-0.1, -0.05) is 19.9 Å². The first-order valence-corrected chi connectivity index (χ1v) is 6.52. The minimum atomic E-state index is 0.798. The lowest BCUT2D eigenvalue weighted by molar-refractivity contribution is 0.567. The van der Waals surface area contributed by atoms with Gasteiger partial charge in [0.25, 0.3) is 0 Å². The second-order valence-corrected chi connectivity index (χ2v) is 5.36. The third kappa shape index (κ3) is 4.68. The second kappa shape index (κ2) is 6.53. The molecule has 96 valence electrons. The van der Waals surface area contributed by atoms with E-state index in [1.807, 2.05) is 0 Å². The van der Waals surface area contributed by atoms with E-state index in [1.165, 1.54) is 29.8 Å². The smallest absolute Gasteiger partial charge is 0.0411 e. The van der Waals surface area contributed by atoms with E-state index in [2.05, 4.69) is 63.3 Å². The van der Waals surface area contributed by atoms with Gasteiger partial charge in [0.1, 0.15) is 0 Å². The van der Waals surface area contributed by atoms with Crippen LogP contribution < -0.4 is 10.2 Å². The first-order chi connectivity index (χ1) is 8.00. The molecule has 0 aliphatic heterocycles. The van der Waals surface area contributed by atoms with E-state index in [1.54, 1.807) is 0 Å². The van der Waals surface area contributed by atoms with Crippen molar-refractivity contribution in [3.8, 4) is 0 Å². The average Bonchev–Trinajstić information content (AvgIpc) is 2.25. The van der Waals surface area contributed by atoms with Crippen LogP contribution in [0.1, 0.15) is 32.3 Å². The Labute approximate surface area is 106 Å². The van der Waals surface area contributed by atoms with Crippen LogP contribution in [-0.4, -0.2) is 20.6 Å². The molecule has 1 aromatic carbocycles. The summed E-state index contributed by atoms with van der Waals surface area (Å²) in [6.07, 6.45) is 2.53. The van der Waals surface area contributed by atoms with Crippen molar-refractivity contribution in [3.05, 3.63) is 23.8 Å². The average molecular weight is 234 g/mol. The summed E-state index contributed by atoms with van der Waals surface area (Å²) in [7, 11) is 4.18. The molecule has 17 heavy (non-hydrogen) atoms. The molecule has 0 aromatic heterocycles. The maximum absolute atomic E-state index is 3.50. The van der Waals surface area contributed by atoms with E-state index in [0.717, 1.165) is 12.5 Å². The van der Waals surface area contributed by atoms with Gasteiger partial charge in [0.15, 0.2) is 0 Å². The van der Waals surface area contributed by atoms with E-state index < -0.39 is 0 Å². The van der Waals surface area contributed by atoms with E-state index in [9.17, 15) is 0 Å². The van der Waals surface area contributed by atoms with Crippen LogP contribution in [0.4, 0.5) is 11.4 Å². The van der Waals surface area contributed by atoms with Crippen LogP contribution in [0.5, 0.6) is 0 Å². The molecule has 1 rings (SSSR count). The number of nitrogens with zero attached hydrogens (tertiary/aromatic N) is 1. The summed E-state index contributed by atoms with van der Waals surface area (Å²) in [6, 6.07) is 6.57. The van der Waals surface area contributed by atoms with Crippen LogP contribution in [0.3, 0.4) is 0 Å². The van der Waals surface area contributed by atoms with E-state index in [-0.39, 0.29) is 0 Å². The van der Waals surface area contributed by atoms with Gasteiger partial charge < -0.3 is 10.2 Å². The van der Waals surface area contributed by atoms with E-state index >= 15 is 0 Å². The van der Waals surface area contributed by atoms with Crippen LogP contribution in [-0.2, 0) is 0 Å². The summed E-state index contributed by atoms with van der Waals surface area (Å²) in [4.78, 5) is 2.16. The van der Waals surface area contributed by atoms with Crippen molar-refractivity contribution in [3.63, 3.8) is 0 Å². The number of aryl methyl sites for hydroxylation is 1. The van der Waals surface area contributed by atoms with Crippen molar-refractivity contribution in [2.24, 2.45) is 5.92 Å². The van der Waals surface area contributed by atoms with Gasteiger partial charge in [-0.05, 0) is 43.4 Å². The largest absolute Gasteiger partial charge is 0.385 e. The summed E-state index contributed by atoms with van der Waals surface area (Å²) in [5.74, 6) is 0.798. The van der Waals surface area contributed by atoms with Gasteiger partial charge >= 0.3 is 0 Å². The van der Waals surface area contributed by atoms with Crippen LogP contribution >= 0.6 is 0 Å². The zero-order chi connectivity index (χ0) is 12.8. The standard InChI is InChI=1S/C15H26N2/c1-12(2)7-6-10-16-14-9-8-13(3)15(11-14)17(4)5/h8-9,11-12,16H,6-7,10H2,1-5H3. The minimum Gasteiger partial charge on any atom is -0.385 e. The molecule has 0 atom stereocenters. The minimum absolute atomic E-state index is 0.798. The van der Waals surface area contributed by atoms with Crippen molar-refractivity contribution >= 4 is 11.4 Å².